The van der Waals surface area contributed by atoms with Crippen LogP contribution in [0.25, 0.3) is 16.7 Å². The zero-order chi connectivity index (χ0) is 25.0. The molecule has 7 heteroatoms. The molecule has 2 N–H and O–H groups in total. The summed E-state index contributed by atoms with van der Waals surface area (Å²) in [5, 5.41) is 12.3. The van der Waals surface area contributed by atoms with Gasteiger partial charge in [0.15, 0.2) is 11.5 Å². The molecule has 2 aliphatic heterocycles. The highest BCUT2D eigenvalue weighted by molar-refractivity contribution is 6.51. The number of ketones is 1. The average molecular weight is 481 g/mol. The Hall–Kier alpha value is -4.52. The minimum absolute atomic E-state index is 0.0414. The predicted molar refractivity (Wildman–Crippen MR) is 136 cm³/mol. The molecule has 6 rings (SSSR count). The fourth-order valence-electron chi connectivity index (χ4n) is 4.93. The second-order valence-electron chi connectivity index (χ2n) is 9.28. The molecule has 0 saturated carbocycles. The standard InChI is InChI=1S/C29H24N2O5/c1-16(2)17-7-9-18(10-8-17)26-25(27(32)21-14-30-22-6-4-3-5-20(21)22)28(33)29(34)31(26)19-11-12-23-24(13-19)36-15-35-23/h3-14,16,26,30,32H,15H2,1-2H3/b27-25-. The summed E-state index contributed by atoms with van der Waals surface area (Å²) in [6.07, 6.45) is 1.66. The van der Waals surface area contributed by atoms with Gasteiger partial charge in [0.1, 0.15) is 5.76 Å². The Morgan fingerprint density at radius 2 is 1.75 bits per heavy atom. The van der Waals surface area contributed by atoms with Crippen LogP contribution in [0.15, 0.2) is 78.5 Å². The Bertz CT molecular complexity index is 1550. The molecule has 2 aliphatic rings. The lowest BCUT2D eigenvalue weighted by Crippen LogP contribution is -2.29. The Kier molecular flexibility index (Phi) is 5.07. The molecule has 4 aromatic rings. The van der Waals surface area contributed by atoms with Gasteiger partial charge >= 0.3 is 0 Å². The molecule has 1 amide bonds. The average Bonchev–Trinajstić information content (AvgIpc) is 3.60. The van der Waals surface area contributed by atoms with Gasteiger partial charge in [-0.3, -0.25) is 14.5 Å². The fraction of sp³-hybridized carbons (Fsp3) is 0.172. The van der Waals surface area contributed by atoms with Gasteiger partial charge in [0.2, 0.25) is 6.79 Å². The molecule has 1 unspecified atom stereocenters. The van der Waals surface area contributed by atoms with Crippen LogP contribution in [-0.2, 0) is 9.59 Å². The molecular weight excluding hydrogens is 456 g/mol. The number of carbonyl (C=O) groups is 2. The summed E-state index contributed by atoms with van der Waals surface area (Å²) in [4.78, 5) is 31.5. The van der Waals surface area contributed by atoms with E-state index in [1.54, 1.807) is 24.4 Å². The van der Waals surface area contributed by atoms with Crippen molar-refractivity contribution in [2.24, 2.45) is 0 Å². The highest BCUT2D eigenvalue weighted by Gasteiger charge is 2.47. The third-order valence-corrected chi connectivity index (χ3v) is 6.84. The zero-order valence-electron chi connectivity index (χ0n) is 19.8. The first-order valence-corrected chi connectivity index (χ1v) is 11.8. The number of rotatable bonds is 4. The van der Waals surface area contributed by atoms with Gasteiger partial charge in [-0.15, -0.1) is 0 Å². The number of benzene rings is 3. The number of carbonyl (C=O) groups excluding carboxylic acids is 2. The van der Waals surface area contributed by atoms with Crippen LogP contribution in [0, 0.1) is 0 Å². The Balaban J connectivity index is 1.56. The van der Waals surface area contributed by atoms with Gasteiger partial charge in [-0.05, 0) is 35.2 Å². The molecule has 3 aromatic carbocycles. The monoisotopic (exact) mass is 480 g/mol. The smallest absolute Gasteiger partial charge is 0.300 e. The summed E-state index contributed by atoms with van der Waals surface area (Å²) in [6.45, 7) is 4.30. The molecule has 1 atom stereocenters. The third-order valence-electron chi connectivity index (χ3n) is 6.84. The van der Waals surface area contributed by atoms with Crippen LogP contribution < -0.4 is 14.4 Å². The predicted octanol–water partition coefficient (Wildman–Crippen LogP) is 5.65. The number of H-pyrrole nitrogens is 1. The highest BCUT2D eigenvalue weighted by atomic mass is 16.7. The van der Waals surface area contributed by atoms with Crippen molar-refractivity contribution in [3.63, 3.8) is 0 Å². The number of aromatic amines is 1. The summed E-state index contributed by atoms with van der Waals surface area (Å²) in [7, 11) is 0. The number of nitrogens with one attached hydrogen (secondary N) is 1. The number of para-hydroxylation sites is 1. The molecule has 180 valence electrons. The maximum Gasteiger partial charge on any atom is 0.300 e. The van der Waals surface area contributed by atoms with Crippen molar-refractivity contribution >= 4 is 34.0 Å². The molecule has 0 bridgehead atoms. The third kappa shape index (κ3) is 3.35. The van der Waals surface area contributed by atoms with Crippen molar-refractivity contribution < 1.29 is 24.2 Å². The minimum atomic E-state index is -0.819. The molecule has 36 heavy (non-hydrogen) atoms. The first-order valence-electron chi connectivity index (χ1n) is 11.8. The van der Waals surface area contributed by atoms with E-state index in [1.807, 2.05) is 48.5 Å². The minimum Gasteiger partial charge on any atom is -0.507 e. The number of nitrogens with zero attached hydrogens (tertiary/aromatic N) is 1. The second kappa shape index (κ2) is 8.30. The molecule has 1 saturated heterocycles. The highest BCUT2D eigenvalue weighted by Crippen LogP contribution is 2.45. The van der Waals surface area contributed by atoms with E-state index in [1.165, 1.54) is 4.90 Å². The lowest BCUT2D eigenvalue weighted by atomic mass is 9.93. The van der Waals surface area contributed by atoms with Crippen molar-refractivity contribution in [3.05, 3.63) is 95.2 Å². The van der Waals surface area contributed by atoms with Gasteiger partial charge in [-0.25, -0.2) is 0 Å². The number of amides is 1. The quantitative estimate of drug-likeness (QED) is 0.224. The molecule has 0 spiro atoms. The number of hydrogen-bond donors (Lipinski definition) is 2. The molecule has 3 heterocycles. The van der Waals surface area contributed by atoms with Crippen LogP contribution in [0.4, 0.5) is 5.69 Å². The van der Waals surface area contributed by atoms with Gasteiger partial charge < -0.3 is 19.6 Å². The molecule has 7 nitrogen and oxygen atoms in total. The van der Waals surface area contributed by atoms with E-state index >= 15 is 0 Å². The van der Waals surface area contributed by atoms with E-state index in [9.17, 15) is 14.7 Å². The van der Waals surface area contributed by atoms with Crippen molar-refractivity contribution in [2.75, 3.05) is 11.7 Å². The second-order valence-corrected chi connectivity index (χ2v) is 9.28. The van der Waals surface area contributed by atoms with Crippen LogP contribution in [0.1, 0.15) is 42.5 Å². The van der Waals surface area contributed by atoms with Crippen molar-refractivity contribution in [1.82, 2.24) is 4.98 Å². The number of anilines is 1. The van der Waals surface area contributed by atoms with Crippen LogP contribution in [0.5, 0.6) is 11.5 Å². The summed E-state index contributed by atoms with van der Waals surface area (Å²) < 4.78 is 10.9. The topological polar surface area (TPSA) is 91.9 Å². The lowest BCUT2D eigenvalue weighted by molar-refractivity contribution is -0.132. The lowest BCUT2D eigenvalue weighted by Gasteiger charge is -2.26. The van der Waals surface area contributed by atoms with E-state index in [0.717, 1.165) is 22.0 Å². The molecule has 0 aliphatic carbocycles. The first kappa shape index (κ1) is 22.0. The van der Waals surface area contributed by atoms with Crippen LogP contribution >= 0.6 is 0 Å². The fourth-order valence-corrected chi connectivity index (χ4v) is 4.93. The Morgan fingerprint density at radius 1 is 1.00 bits per heavy atom. The van der Waals surface area contributed by atoms with E-state index in [4.69, 9.17) is 9.47 Å². The number of Topliss-reactive ketones (excluding diaryl/α,β-unsaturated/α-hetero) is 1. The van der Waals surface area contributed by atoms with Gasteiger partial charge in [0.25, 0.3) is 11.7 Å². The number of hydrogen-bond acceptors (Lipinski definition) is 5. The number of fused-ring (bicyclic) bond motifs is 2. The van der Waals surface area contributed by atoms with Gasteiger partial charge in [-0.2, -0.15) is 0 Å². The van der Waals surface area contributed by atoms with Crippen LogP contribution in [-0.4, -0.2) is 28.6 Å². The summed E-state index contributed by atoms with van der Waals surface area (Å²) >= 11 is 0. The molecule has 1 fully saturated rings. The molecule has 0 radical (unpaired) electrons. The maximum absolute atomic E-state index is 13.5. The molecular formula is C29H24N2O5. The number of ether oxygens (including phenoxy) is 2. The van der Waals surface area contributed by atoms with Gasteiger partial charge in [-0.1, -0.05) is 56.3 Å². The number of aliphatic hydroxyl groups is 1. The molecule has 1 aromatic heterocycles. The Labute approximate surface area is 207 Å². The summed E-state index contributed by atoms with van der Waals surface area (Å²) in [6, 6.07) is 19.6. The van der Waals surface area contributed by atoms with Crippen molar-refractivity contribution in [1.29, 1.82) is 0 Å². The van der Waals surface area contributed by atoms with Crippen LogP contribution in [0.2, 0.25) is 0 Å². The summed E-state index contributed by atoms with van der Waals surface area (Å²) in [5.74, 6) is -0.272. The van der Waals surface area contributed by atoms with Crippen molar-refractivity contribution in [3.8, 4) is 11.5 Å². The van der Waals surface area contributed by atoms with Crippen LogP contribution in [0.3, 0.4) is 0 Å². The normalized spacial score (nSPS) is 18.5. The van der Waals surface area contributed by atoms with Crippen molar-refractivity contribution in [2.45, 2.75) is 25.8 Å². The zero-order valence-corrected chi connectivity index (χ0v) is 19.8. The summed E-state index contributed by atoms with van der Waals surface area (Å²) in [5.41, 5.74) is 3.67. The van der Waals surface area contributed by atoms with Gasteiger partial charge in [0.05, 0.1) is 11.6 Å². The maximum atomic E-state index is 13.5. The number of aliphatic hydroxyl groups excluding tert-OH is 1. The van der Waals surface area contributed by atoms with E-state index in [0.29, 0.717) is 28.7 Å². The van der Waals surface area contributed by atoms with E-state index in [2.05, 4.69) is 18.8 Å². The Morgan fingerprint density at radius 3 is 2.53 bits per heavy atom. The first-order chi connectivity index (χ1) is 17.4. The van der Waals surface area contributed by atoms with E-state index < -0.39 is 17.7 Å². The number of aromatic nitrogens is 1. The SMILES string of the molecule is CC(C)c1ccc(C2/C(=C(/O)c3c[nH]c4ccccc34)C(=O)C(=O)N2c2ccc3c(c2)OCO3)cc1. The largest absolute Gasteiger partial charge is 0.507 e. The van der Waals surface area contributed by atoms with E-state index in [-0.39, 0.29) is 18.1 Å². The van der Waals surface area contributed by atoms with Gasteiger partial charge in [0, 0.05) is 34.4 Å².